The lowest BCUT2D eigenvalue weighted by Gasteiger charge is -2.33. The summed E-state index contributed by atoms with van der Waals surface area (Å²) in [6, 6.07) is 0. The summed E-state index contributed by atoms with van der Waals surface area (Å²) >= 11 is 0. The molecule has 7 nitrogen and oxygen atoms in total. The van der Waals surface area contributed by atoms with Gasteiger partial charge < -0.3 is 15.0 Å². The molecule has 1 saturated heterocycles. The molecule has 0 atom stereocenters. The summed E-state index contributed by atoms with van der Waals surface area (Å²) < 4.78 is 0. The van der Waals surface area contributed by atoms with Gasteiger partial charge in [0.05, 0.1) is 6.54 Å². The van der Waals surface area contributed by atoms with E-state index in [2.05, 4.69) is 26.7 Å². The molecule has 0 radical (unpaired) electrons. The molecule has 1 N–H and O–H groups in total. The molecule has 1 aromatic rings. The SMILES string of the molecule is CCN1CCN(Cc2cnc([N+](=O)[O-])[nH]2)CC1. The van der Waals surface area contributed by atoms with Crippen molar-refractivity contribution < 1.29 is 4.92 Å². The van der Waals surface area contributed by atoms with E-state index in [9.17, 15) is 10.1 Å². The number of hydrogen-bond donors (Lipinski definition) is 1. The van der Waals surface area contributed by atoms with Crippen LogP contribution in [0.1, 0.15) is 12.6 Å². The van der Waals surface area contributed by atoms with Gasteiger partial charge in [0, 0.05) is 26.2 Å². The molecule has 0 spiro atoms. The van der Waals surface area contributed by atoms with Crippen LogP contribution < -0.4 is 0 Å². The summed E-state index contributed by atoms with van der Waals surface area (Å²) in [6.45, 7) is 8.08. The van der Waals surface area contributed by atoms with Crippen molar-refractivity contribution in [3.05, 3.63) is 22.0 Å². The Balaban J connectivity index is 1.86. The molecule has 94 valence electrons. The van der Waals surface area contributed by atoms with Crippen LogP contribution in [0.2, 0.25) is 0 Å². The van der Waals surface area contributed by atoms with Gasteiger partial charge in [0.2, 0.25) is 0 Å². The standard InChI is InChI=1S/C10H17N5O2/c1-2-13-3-5-14(6-4-13)8-9-7-11-10(12-9)15(16)17/h7H,2-6,8H2,1H3,(H,11,12). The van der Waals surface area contributed by atoms with Crippen molar-refractivity contribution in [2.24, 2.45) is 0 Å². The number of imidazole rings is 1. The fourth-order valence-corrected chi connectivity index (χ4v) is 2.02. The van der Waals surface area contributed by atoms with Crippen LogP contribution in [0.3, 0.4) is 0 Å². The number of aromatic amines is 1. The Hall–Kier alpha value is -1.47. The monoisotopic (exact) mass is 239 g/mol. The molecule has 0 saturated carbocycles. The first-order valence-corrected chi connectivity index (χ1v) is 5.82. The van der Waals surface area contributed by atoms with Gasteiger partial charge >= 0.3 is 5.95 Å². The Bertz CT molecular complexity index is 384. The number of aromatic nitrogens is 2. The molecule has 1 fully saturated rings. The van der Waals surface area contributed by atoms with Crippen molar-refractivity contribution >= 4 is 5.95 Å². The molecule has 2 heterocycles. The number of hydrogen-bond acceptors (Lipinski definition) is 5. The highest BCUT2D eigenvalue weighted by atomic mass is 16.6. The first kappa shape index (κ1) is 12.0. The molecule has 0 aromatic carbocycles. The van der Waals surface area contributed by atoms with Gasteiger partial charge in [0.15, 0.2) is 0 Å². The molecule has 1 aliphatic heterocycles. The fourth-order valence-electron chi connectivity index (χ4n) is 2.02. The van der Waals surface area contributed by atoms with Crippen LogP contribution in [-0.4, -0.2) is 57.4 Å². The van der Waals surface area contributed by atoms with E-state index in [1.807, 2.05) is 0 Å². The van der Waals surface area contributed by atoms with Gasteiger partial charge in [-0.3, -0.25) is 4.90 Å². The van der Waals surface area contributed by atoms with E-state index in [1.165, 1.54) is 0 Å². The van der Waals surface area contributed by atoms with Gasteiger partial charge in [-0.15, -0.1) is 0 Å². The number of piperazine rings is 1. The number of nitrogens with one attached hydrogen (secondary N) is 1. The van der Waals surface area contributed by atoms with Gasteiger partial charge in [-0.1, -0.05) is 11.9 Å². The maximum absolute atomic E-state index is 10.5. The Morgan fingerprint density at radius 3 is 2.59 bits per heavy atom. The quantitative estimate of drug-likeness (QED) is 0.610. The number of nitro groups is 1. The van der Waals surface area contributed by atoms with E-state index >= 15 is 0 Å². The van der Waals surface area contributed by atoms with Crippen molar-refractivity contribution in [2.75, 3.05) is 32.7 Å². The van der Waals surface area contributed by atoms with Gasteiger partial charge in [0.1, 0.15) is 11.9 Å². The van der Waals surface area contributed by atoms with Gasteiger partial charge in [-0.05, 0) is 11.5 Å². The summed E-state index contributed by atoms with van der Waals surface area (Å²) in [4.78, 5) is 21.1. The highest BCUT2D eigenvalue weighted by Gasteiger charge is 2.18. The molecule has 0 bridgehead atoms. The van der Waals surface area contributed by atoms with Crippen molar-refractivity contribution in [2.45, 2.75) is 13.5 Å². The number of H-pyrrole nitrogens is 1. The highest BCUT2D eigenvalue weighted by molar-refractivity contribution is 5.10. The van der Waals surface area contributed by atoms with E-state index in [0.29, 0.717) is 6.54 Å². The zero-order valence-corrected chi connectivity index (χ0v) is 9.93. The van der Waals surface area contributed by atoms with Crippen molar-refractivity contribution in [1.82, 2.24) is 19.8 Å². The predicted molar refractivity (Wildman–Crippen MR) is 62.6 cm³/mol. The Morgan fingerprint density at radius 2 is 2.06 bits per heavy atom. The topological polar surface area (TPSA) is 78.3 Å². The molecule has 2 rings (SSSR count). The molecular formula is C10H17N5O2. The van der Waals surface area contributed by atoms with Crippen molar-refractivity contribution in [1.29, 1.82) is 0 Å². The minimum atomic E-state index is -0.501. The smallest absolute Gasteiger partial charge is 0.390 e. The predicted octanol–water partition coefficient (Wildman–Crippen LogP) is 0.455. The zero-order valence-electron chi connectivity index (χ0n) is 9.93. The zero-order chi connectivity index (χ0) is 12.3. The lowest BCUT2D eigenvalue weighted by molar-refractivity contribution is -0.393. The van der Waals surface area contributed by atoms with Crippen LogP contribution in [0.15, 0.2) is 6.20 Å². The van der Waals surface area contributed by atoms with Crippen LogP contribution in [0.4, 0.5) is 5.95 Å². The van der Waals surface area contributed by atoms with Crippen LogP contribution in [0.5, 0.6) is 0 Å². The van der Waals surface area contributed by atoms with Crippen LogP contribution in [0, 0.1) is 10.1 Å². The first-order valence-electron chi connectivity index (χ1n) is 5.82. The number of nitrogens with zero attached hydrogens (tertiary/aromatic N) is 4. The van der Waals surface area contributed by atoms with E-state index in [0.717, 1.165) is 38.4 Å². The lowest BCUT2D eigenvalue weighted by atomic mass is 10.3. The minimum absolute atomic E-state index is 0.174. The summed E-state index contributed by atoms with van der Waals surface area (Å²) in [7, 11) is 0. The lowest BCUT2D eigenvalue weighted by Crippen LogP contribution is -2.45. The third kappa shape index (κ3) is 3.01. The van der Waals surface area contributed by atoms with E-state index in [4.69, 9.17) is 0 Å². The highest BCUT2D eigenvalue weighted by Crippen LogP contribution is 2.09. The summed E-state index contributed by atoms with van der Waals surface area (Å²) in [5.41, 5.74) is 0.807. The van der Waals surface area contributed by atoms with Gasteiger partial charge in [-0.25, -0.2) is 4.98 Å². The number of rotatable bonds is 4. The Morgan fingerprint density at radius 1 is 1.41 bits per heavy atom. The molecule has 17 heavy (non-hydrogen) atoms. The van der Waals surface area contributed by atoms with Crippen molar-refractivity contribution in [3.8, 4) is 0 Å². The fraction of sp³-hybridized carbons (Fsp3) is 0.700. The van der Waals surface area contributed by atoms with Crippen molar-refractivity contribution in [3.63, 3.8) is 0 Å². The average molecular weight is 239 g/mol. The molecule has 0 unspecified atom stereocenters. The average Bonchev–Trinajstić information content (AvgIpc) is 2.79. The molecule has 1 aromatic heterocycles. The summed E-state index contributed by atoms with van der Waals surface area (Å²) in [6.07, 6.45) is 1.55. The summed E-state index contributed by atoms with van der Waals surface area (Å²) in [5, 5.41) is 10.5. The van der Waals surface area contributed by atoms with Crippen LogP contribution in [0.25, 0.3) is 0 Å². The second kappa shape index (κ2) is 5.24. The molecule has 0 amide bonds. The maximum Gasteiger partial charge on any atom is 0.432 e. The minimum Gasteiger partial charge on any atom is -0.390 e. The summed E-state index contributed by atoms with van der Waals surface area (Å²) in [5.74, 6) is -0.174. The number of likely N-dealkylation sites (N-methyl/N-ethyl adjacent to an activating group) is 1. The van der Waals surface area contributed by atoms with Crippen LogP contribution >= 0.6 is 0 Å². The molecule has 0 aliphatic carbocycles. The van der Waals surface area contributed by atoms with Gasteiger partial charge in [0.25, 0.3) is 0 Å². The first-order chi connectivity index (χ1) is 8.19. The Labute approximate surface area is 99.6 Å². The van der Waals surface area contributed by atoms with E-state index in [1.54, 1.807) is 6.20 Å². The second-order valence-corrected chi connectivity index (χ2v) is 4.20. The van der Waals surface area contributed by atoms with Crippen LogP contribution in [-0.2, 0) is 6.54 Å². The van der Waals surface area contributed by atoms with Gasteiger partial charge in [-0.2, -0.15) is 0 Å². The second-order valence-electron chi connectivity index (χ2n) is 4.20. The molecular weight excluding hydrogens is 222 g/mol. The maximum atomic E-state index is 10.5. The van der Waals surface area contributed by atoms with E-state index in [-0.39, 0.29) is 5.95 Å². The third-order valence-electron chi connectivity index (χ3n) is 3.09. The third-order valence-corrected chi connectivity index (χ3v) is 3.09. The Kier molecular flexibility index (Phi) is 3.70. The molecule has 1 aliphatic rings. The largest absolute Gasteiger partial charge is 0.432 e. The molecule has 7 heteroatoms. The van der Waals surface area contributed by atoms with E-state index < -0.39 is 4.92 Å². The normalized spacial score (nSPS) is 18.4.